The fourth-order valence-electron chi connectivity index (χ4n) is 2.77. The van der Waals surface area contributed by atoms with Crippen LogP contribution in [0.15, 0.2) is 23.2 Å². The predicted octanol–water partition coefficient (Wildman–Crippen LogP) is 2.49. The molecule has 0 atom stereocenters. The molecule has 10 heteroatoms. The summed E-state index contributed by atoms with van der Waals surface area (Å²) in [6, 6.07) is 3.85. The van der Waals surface area contributed by atoms with Crippen LogP contribution >= 0.6 is 0 Å². The lowest BCUT2D eigenvalue weighted by Crippen LogP contribution is -2.24. The first-order valence-corrected chi connectivity index (χ1v) is 9.36. The van der Waals surface area contributed by atoms with E-state index in [-0.39, 0.29) is 23.0 Å². The standard InChI is InChI=1S/C16H16F2N4O3S/c1-10-2-3-13(15(18)14(10)17)26(23,24)21-16-11(8-19)9-20-22(16)12-4-6-25-7-5-12/h2-3,9,12,21H,4-7H2,1H3. The number of nitrogens with zero attached hydrogens (tertiary/aromatic N) is 3. The molecular weight excluding hydrogens is 366 g/mol. The van der Waals surface area contributed by atoms with Crippen molar-refractivity contribution < 1.29 is 21.9 Å². The molecule has 2 aromatic rings. The first-order chi connectivity index (χ1) is 12.3. The van der Waals surface area contributed by atoms with Crippen molar-refractivity contribution in [3.8, 4) is 6.07 Å². The number of aromatic nitrogens is 2. The Hall–Kier alpha value is -2.51. The van der Waals surface area contributed by atoms with Gasteiger partial charge >= 0.3 is 0 Å². The first-order valence-electron chi connectivity index (χ1n) is 7.88. The van der Waals surface area contributed by atoms with Crippen LogP contribution < -0.4 is 4.72 Å². The molecule has 0 spiro atoms. The van der Waals surface area contributed by atoms with Crippen LogP contribution in [0.2, 0.25) is 0 Å². The van der Waals surface area contributed by atoms with E-state index in [9.17, 15) is 22.5 Å². The van der Waals surface area contributed by atoms with Gasteiger partial charge in [0.15, 0.2) is 17.5 Å². The second-order valence-electron chi connectivity index (χ2n) is 5.92. The third-order valence-electron chi connectivity index (χ3n) is 4.21. The smallest absolute Gasteiger partial charge is 0.266 e. The van der Waals surface area contributed by atoms with Crippen LogP contribution in [-0.4, -0.2) is 31.4 Å². The van der Waals surface area contributed by atoms with Gasteiger partial charge in [0.05, 0.1) is 12.2 Å². The number of nitrogens with one attached hydrogen (secondary N) is 1. The zero-order chi connectivity index (χ0) is 18.9. The third-order valence-corrected chi connectivity index (χ3v) is 5.57. The number of halogens is 2. The zero-order valence-corrected chi connectivity index (χ0v) is 14.7. The van der Waals surface area contributed by atoms with Crippen LogP contribution in [0.5, 0.6) is 0 Å². The second kappa shape index (κ2) is 7.01. The lowest BCUT2D eigenvalue weighted by atomic mass is 10.1. The van der Waals surface area contributed by atoms with E-state index in [1.165, 1.54) is 23.9 Å². The van der Waals surface area contributed by atoms with E-state index in [2.05, 4.69) is 9.82 Å². The SMILES string of the molecule is Cc1ccc(S(=O)(=O)Nc2c(C#N)cnn2C2CCOCC2)c(F)c1F. The second-order valence-corrected chi connectivity index (χ2v) is 7.57. The summed E-state index contributed by atoms with van der Waals surface area (Å²) < 4.78 is 61.9. The molecule has 0 saturated carbocycles. The molecular formula is C16H16F2N4O3S. The van der Waals surface area contributed by atoms with E-state index >= 15 is 0 Å². The molecule has 0 aliphatic carbocycles. The molecule has 26 heavy (non-hydrogen) atoms. The van der Waals surface area contributed by atoms with Crippen LogP contribution in [0.25, 0.3) is 0 Å². The summed E-state index contributed by atoms with van der Waals surface area (Å²) in [6.07, 6.45) is 2.42. The number of hydrogen-bond donors (Lipinski definition) is 1. The number of hydrogen-bond acceptors (Lipinski definition) is 5. The highest BCUT2D eigenvalue weighted by Gasteiger charge is 2.28. The maximum atomic E-state index is 14.1. The van der Waals surface area contributed by atoms with E-state index < -0.39 is 26.6 Å². The zero-order valence-electron chi connectivity index (χ0n) is 13.9. The molecule has 3 rings (SSSR count). The molecule has 0 unspecified atom stereocenters. The Labute approximate surface area is 149 Å². The van der Waals surface area contributed by atoms with Crippen molar-refractivity contribution in [1.82, 2.24) is 9.78 Å². The normalized spacial score (nSPS) is 15.6. The van der Waals surface area contributed by atoms with Gasteiger partial charge in [0.25, 0.3) is 10.0 Å². The lowest BCUT2D eigenvalue weighted by Gasteiger charge is -2.24. The summed E-state index contributed by atoms with van der Waals surface area (Å²) in [7, 11) is -4.46. The van der Waals surface area contributed by atoms with E-state index in [1.807, 2.05) is 6.07 Å². The molecule has 1 aliphatic rings. The largest absolute Gasteiger partial charge is 0.381 e. The lowest BCUT2D eigenvalue weighted by molar-refractivity contribution is 0.0669. The van der Waals surface area contributed by atoms with Crippen molar-refractivity contribution in [3.05, 3.63) is 41.1 Å². The van der Waals surface area contributed by atoms with Gasteiger partial charge in [0.1, 0.15) is 16.5 Å². The van der Waals surface area contributed by atoms with Gasteiger partial charge in [-0.25, -0.2) is 21.9 Å². The minimum Gasteiger partial charge on any atom is -0.381 e. The Bertz CT molecular complexity index is 976. The minimum atomic E-state index is -4.46. The number of ether oxygens (including phenoxy) is 1. The molecule has 0 radical (unpaired) electrons. The summed E-state index contributed by atoms with van der Waals surface area (Å²) in [4.78, 5) is -0.829. The van der Waals surface area contributed by atoms with Crippen molar-refractivity contribution in [2.75, 3.05) is 17.9 Å². The van der Waals surface area contributed by atoms with Crippen LogP contribution in [0.1, 0.15) is 30.0 Å². The maximum Gasteiger partial charge on any atom is 0.266 e. The fourth-order valence-corrected chi connectivity index (χ4v) is 3.91. The molecule has 1 aromatic heterocycles. The van der Waals surface area contributed by atoms with E-state index in [0.717, 1.165) is 6.07 Å². The van der Waals surface area contributed by atoms with Crippen LogP contribution in [-0.2, 0) is 14.8 Å². The van der Waals surface area contributed by atoms with Gasteiger partial charge in [-0.1, -0.05) is 6.07 Å². The van der Waals surface area contributed by atoms with Crippen molar-refractivity contribution in [2.45, 2.75) is 30.7 Å². The third kappa shape index (κ3) is 3.27. The molecule has 1 fully saturated rings. The van der Waals surface area contributed by atoms with E-state index in [0.29, 0.717) is 26.1 Å². The highest BCUT2D eigenvalue weighted by molar-refractivity contribution is 7.92. The predicted molar refractivity (Wildman–Crippen MR) is 87.9 cm³/mol. The molecule has 1 aromatic carbocycles. The Kier molecular flexibility index (Phi) is 4.93. The summed E-state index contributed by atoms with van der Waals surface area (Å²) in [6.45, 7) is 2.29. The maximum absolute atomic E-state index is 14.1. The van der Waals surface area contributed by atoms with Crippen LogP contribution in [0.3, 0.4) is 0 Å². The fraction of sp³-hybridized carbons (Fsp3) is 0.375. The van der Waals surface area contributed by atoms with Crippen molar-refractivity contribution in [1.29, 1.82) is 5.26 Å². The van der Waals surface area contributed by atoms with Crippen molar-refractivity contribution >= 4 is 15.8 Å². The molecule has 0 bridgehead atoms. The Morgan fingerprint density at radius 2 is 2.00 bits per heavy atom. The average molecular weight is 382 g/mol. The van der Waals surface area contributed by atoms with Crippen LogP contribution in [0.4, 0.5) is 14.6 Å². The molecule has 1 N–H and O–H groups in total. The van der Waals surface area contributed by atoms with Gasteiger partial charge in [-0.15, -0.1) is 0 Å². The monoisotopic (exact) mass is 382 g/mol. The van der Waals surface area contributed by atoms with Crippen molar-refractivity contribution in [2.24, 2.45) is 0 Å². The highest BCUT2D eigenvalue weighted by atomic mass is 32.2. The van der Waals surface area contributed by atoms with E-state index in [4.69, 9.17) is 4.74 Å². The van der Waals surface area contributed by atoms with Crippen molar-refractivity contribution in [3.63, 3.8) is 0 Å². The van der Waals surface area contributed by atoms with Gasteiger partial charge in [-0.3, -0.25) is 4.72 Å². The minimum absolute atomic E-state index is 0.00643. The molecule has 7 nitrogen and oxygen atoms in total. The number of sulfonamides is 1. The topological polar surface area (TPSA) is 97.0 Å². The average Bonchev–Trinajstić information content (AvgIpc) is 3.02. The molecule has 2 heterocycles. The Morgan fingerprint density at radius 3 is 2.65 bits per heavy atom. The Morgan fingerprint density at radius 1 is 1.31 bits per heavy atom. The molecule has 1 aliphatic heterocycles. The molecule has 0 amide bonds. The highest BCUT2D eigenvalue weighted by Crippen LogP contribution is 2.29. The van der Waals surface area contributed by atoms with E-state index in [1.54, 1.807) is 0 Å². The summed E-state index contributed by atoms with van der Waals surface area (Å²) in [5.41, 5.74) is -0.0144. The summed E-state index contributed by atoms with van der Waals surface area (Å²) in [5.74, 6) is -2.76. The number of aryl methyl sites for hydroxylation is 1. The molecule has 138 valence electrons. The first kappa shape index (κ1) is 18.3. The van der Waals surface area contributed by atoms with Crippen LogP contribution in [0, 0.1) is 29.9 Å². The van der Waals surface area contributed by atoms with Gasteiger partial charge < -0.3 is 4.74 Å². The van der Waals surface area contributed by atoms with Gasteiger partial charge in [-0.05, 0) is 31.4 Å². The van der Waals surface area contributed by atoms with Gasteiger partial charge in [0.2, 0.25) is 0 Å². The molecule has 1 saturated heterocycles. The summed E-state index contributed by atoms with van der Waals surface area (Å²) >= 11 is 0. The van der Waals surface area contributed by atoms with Gasteiger partial charge in [0, 0.05) is 13.2 Å². The number of rotatable bonds is 4. The quantitative estimate of drug-likeness (QED) is 0.876. The summed E-state index contributed by atoms with van der Waals surface area (Å²) in [5, 5.41) is 13.3. The number of nitriles is 1. The van der Waals surface area contributed by atoms with Gasteiger partial charge in [-0.2, -0.15) is 10.4 Å². The number of benzene rings is 1. The Balaban J connectivity index is 2.01. The number of anilines is 1.